The van der Waals surface area contributed by atoms with Crippen LogP contribution in [-0.2, 0) is 0 Å². The van der Waals surface area contributed by atoms with Gasteiger partial charge in [0.05, 0.1) is 0 Å². The number of halogens is 1. The van der Waals surface area contributed by atoms with Gasteiger partial charge < -0.3 is 5.32 Å². The molecule has 82 valence electrons. The Bertz CT molecular complexity index is 94.1. The van der Waals surface area contributed by atoms with Gasteiger partial charge in [0.15, 0.2) is 0 Å². The van der Waals surface area contributed by atoms with Crippen molar-refractivity contribution in [2.45, 2.75) is 59.4 Å². The van der Waals surface area contributed by atoms with Crippen LogP contribution in [0.3, 0.4) is 0 Å². The molecule has 0 saturated carbocycles. The molecule has 0 fully saturated rings. The summed E-state index contributed by atoms with van der Waals surface area (Å²) in [5.74, 6) is 0.864. The summed E-state index contributed by atoms with van der Waals surface area (Å²) in [6.45, 7) is 10.3. The lowest BCUT2D eigenvalue weighted by Crippen LogP contribution is -2.26. The lowest BCUT2D eigenvalue weighted by molar-refractivity contribution is 0.458. The fraction of sp³-hybridized carbons (Fsp3) is 1.00. The van der Waals surface area contributed by atoms with Crippen molar-refractivity contribution in [1.29, 1.82) is 0 Å². The van der Waals surface area contributed by atoms with Gasteiger partial charge in [-0.3, -0.25) is 0 Å². The molecule has 2 heteroatoms. The van der Waals surface area contributed by atoms with Crippen molar-refractivity contribution in [3.63, 3.8) is 0 Å². The third kappa shape index (κ3) is 12.2. The fourth-order valence-electron chi connectivity index (χ4n) is 1.33. The molecule has 0 aromatic heterocycles. The minimum atomic E-state index is 0. The van der Waals surface area contributed by atoms with Crippen LogP contribution in [-0.4, -0.2) is 12.6 Å². The van der Waals surface area contributed by atoms with Gasteiger partial charge in [0, 0.05) is 6.04 Å². The van der Waals surface area contributed by atoms with Gasteiger partial charge in [0.25, 0.3) is 0 Å². The molecule has 0 aromatic carbocycles. The number of hydrogen-bond donors (Lipinski definition) is 1. The average Bonchev–Trinajstić information content (AvgIpc) is 2.00. The van der Waals surface area contributed by atoms with E-state index < -0.39 is 0 Å². The van der Waals surface area contributed by atoms with E-state index in [1.54, 1.807) is 0 Å². The topological polar surface area (TPSA) is 12.0 Å². The zero-order valence-corrected chi connectivity index (χ0v) is 10.4. The summed E-state index contributed by atoms with van der Waals surface area (Å²) in [5, 5.41) is 3.51. The van der Waals surface area contributed by atoms with E-state index in [0.717, 1.165) is 5.92 Å². The van der Waals surface area contributed by atoms with Crippen molar-refractivity contribution in [3.8, 4) is 0 Å². The lowest BCUT2D eigenvalue weighted by Gasteiger charge is -2.13. The van der Waals surface area contributed by atoms with Crippen LogP contribution < -0.4 is 5.32 Å². The van der Waals surface area contributed by atoms with E-state index in [9.17, 15) is 0 Å². The highest BCUT2D eigenvalue weighted by Crippen LogP contribution is 2.07. The van der Waals surface area contributed by atoms with Crippen LogP contribution in [0, 0.1) is 5.92 Å². The first-order valence-electron chi connectivity index (χ1n) is 5.40. The number of hydrogen-bond acceptors (Lipinski definition) is 1. The smallest absolute Gasteiger partial charge is 0.00387 e. The summed E-state index contributed by atoms with van der Waals surface area (Å²) in [7, 11) is 0. The van der Waals surface area contributed by atoms with E-state index in [-0.39, 0.29) is 12.4 Å². The van der Waals surface area contributed by atoms with Crippen LogP contribution in [0.4, 0.5) is 0 Å². The highest BCUT2D eigenvalue weighted by atomic mass is 35.5. The highest BCUT2D eigenvalue weighted by Gasteiger charge is 2.00. The molecule has 0 amide bonds. The molecule has 0 radical (unpaired) electrons. The molecule has 0 spiro atoms. The Labute approximate surface area is 90.1 Å². The van der Waals surface area contributed by atoms with E-state index in [2.05, 4.69) is 33.0 Å². The van der Waals surface area contributed by atoms with Gasteiger partial charge in [0.1, 0.15) is 0 Å². The molecule has 0 aliphatic rings. The van der Waals surface area contributed by atoms with E-state index in [1.165, 1.54) is 32.2 Å². The molecule has 0 aliphatic heterocycles. The average molecular weight is 208 g/mol. The molecule has 1 nitrogen and oxygen atoms in total. The monoisotopic (exact) mass is 207 g/mol. The van der Waals surface area contributed by atoms with Gasteiger partial charge in [-0.25, -0.2) is 0 Å². The van der Waals surface area contributed by atoms with E-state index in [0.29, 0.717) is 6.04 Å². The van der Waals surface area contributed by atoms with Crippen LogP contribution in [0.5, 0.6) is 0 Å². The normalized spacial score (nSPS) is 12.7. The molecule has 1 unspecified atom stereocenters. The van der Waals surface area contributed by atoms with Crippen molar-refractivity contribution in [1.82, 2.24) is 5.32 Å². The van der Waals surface area contributed by atoms with Gasteiger partial charge >= 0.3 is 0 Å². The molecule has 0 aliphatic carbocycles. The molecule has 13 heavy (non-hydrogen) atoms. The summed E-state index contributed by atoms with van der Waals surface area (Å²) < 4.78 is 0. The van der Waals surface area contributed by atoms with Crippen LogP contribution in [0.2, 0.25) is 0 Å². The first-order chi connectivity index (χ1) is 5.66. The maximum absolute atomic E-state index is 3.51. The van der Waals surface area contributed by atoms with E-state index in [4.69, 9.17) is 0 Å². The molecule has 0 aromatic rings. The van der Waals surface area contributed by atoms with Crippen molar-refractivity contribution < 1.29 is 0 Å². The van der Waals surface area contributed by atoms with Crippen molar-refractivity contribution >= 4 is 12.4 Å². The van der Waals surface area contributed by atoms with Crippen LogP contribution in [0.15, 0.2) is 0 Å². The summed E-state index contributed by atoms with van der Waals surface area (Å²) in [5.41, 5.74) is 0. The van der Waals surface area contributed by atoms with Gasteiger partial charge in [-0.05, 0) is 32.2 Å². The van der Waals surface area contributed by atoms with Crippen LogP contribution in [0.25, 0.3) is 0 Å². The number of nitrogens with one attached hydrogen (secondary N) is 1. The minimum absolute atomic E-state index is 0. The Morgan fingerprint density at radius 1 is 1.08 bits per heavy atom. The molecular weight excluding hydrogens is 182 g/mol. The summed E-state index contributed by atoms with van der Waals surface area (Å²) >= 11 is 0. The quantitative estimate of drug-likeness (QED) is 0.673. The summed E-state index contributed by atoms with van der Waals surface area (Å²) in [4.78, 5) is 0. The van der Waals surface area contributed by atoms with Crippen molar-refractivity contribution in [2.24, 2.45) is 5.92 Å². The third-order valence-electron chi connectivity index (χ3n) is 2.16. The maximum Gasteiger partial charge on any atom is 0.00387 e. The Kier molecular flexibility index (Phi) is 12.5. The van der Waals surface area contributed by atoms with Crippen LogP contribution in [0.1, 0.15) is 53.4 Å². The molecule has 0 rings (SSSR count). The fourth-order valence-corrected chi connectivity index (χ4v) is 1.33. The Balaban J connectivity index is 0. The van der Waals surface area contributed by atoms with Gasteiger partial charge in [0.2, 0.25) is 0 Å². The van der Waals surface area contributed by atoms with Crippen molar-refractivity contribution in [2.75, 3.05) is 6.54 Å². The van der Waals surface area contributed by atoms with Gasteiger partial charge in [-0.1, -0.05) is 33.6 Å². The second-order valence-electron chi connectivity index (χ2n) is 4.18. The van der Waals surface area contributed by atoms with E-state index in [1.807, 2.05) is 0 Å². The predicted octanol–water partition coefficient (Wildman–Crippen LogP) is 3.62. The lowest BCUT2D eigenvalue weighted by atomic mass is 10.0. The maximum atomic E-state index is 3.51. The van der Waals surface area contributed by atoms with Crippen LogP contribution >= 0.6 is 12.4 Å². The Hall–Kier alpha value is 0.250. The molecule has 0 saturated heterocycles. The Morgan fingerprint density at radius 2 is 1.69 bits per heavy atom. The minimum Gasteiger partial charge on any atom is -0.314 e. The Morgan fingerprint density at radius 3 is 2.15 bits per heavy atom. The molecule has 0 heterocycles. The number of rotatable bonds is 7. The molecule has 1 N–H and O–H groups in total. The standard InChI is InChI=1S/C11H25N.ClH/c1-5-9-12-11(4)8-6-7-10(2)3;/h10-12H,5-9H2,1-4H3;1H. The SMILES string of the molecule is CCCNC(C)CCCC(C)C.Cl. The first kappa shape index (κ1) is 15.7. The predicted molar refractivity (Wildman–Crippen MR) is 63.7 cm³/mol. The van der Waals surface area contributed by atoms with E-state index >= 15 is 0 Å². The zero-order chi connectivity index (χ0) is 9.40. The second kappa shape index (κ2) is 10.3. The molecular formula is C11H26ClN. The highest BCUT2D eigenvalue weighted by molar-refractivity contribution is 5.85. The molecule has 0 bridgehead atoms. The molecule has 1 atom stereocenters. The first-order valence-corrected chi connectivity index (χ1v) is 5.40. The van der Waals surface area contributed by atoms with Crippen molar-refractivity contribution in [3.05, 3.63) is 0 Å². The zero-order valence-electron chi connectivity index (χ0n) is 9.60. The summed E-state index contributed by atoms with van der Waals surface area (Å²) in [6.07, 6.45) is 5.32. The summed E-state index contributed by atoms with van der Waals surface area (Å²) in [6, 6.07) is 0.712. The van der Waals surface area contributed by atoms with Gasteiger partial charge in [-0.2, -0.15) is 0 Å². The second-order valence-corrected chi connectivity index (χ2v) is 4.18. The van der Waals surface area contributed by atoms with Gasteiger partial charge in [-0.15, -0.1) is 12.4 Å². The third-order valence-corrected chi connectivity index (χ3v) is 2.16. The largest absolute Gasteiger partial charge is 0.314 e.